The van der Waals surface area contributed by atoms with Crippen molar-refractivity contribution in [3.8, 4) is 0 Å². The van der Waals surface area contributed by atoms with Gasteiger partial charge in [0.25, 0.3) is 0 Å². The lowest BCUT2D eigenvalue weighted by molar-refractivity contribution is -0.224. The van der Waals surface area contributed by atoms with E-state index < -0.39 is 0 Å². The Balaban J connectivity index is 1.55. The van der Waals surface area contributed by atoms with Gasteiger partial charge in [0.2, 0.25) is 0 Å². The third-order valence-corrected chi connectivity index (χ3v) is 13.6. The van der Waals surface area contributed by atoms with Crippen molar-refractivity contribution < 1.29 is 10.4 Å². The topological polar surface area (TPSA) is 65.2 Å². The highest BCUT2D eigenvalue weighted by atomic mass is 16.4. The zero-order chi connectivity index (χ0) is 24.7. The van der Waals surface area contributed by atoms with Crippen molar-refractivity contribution in [1.82, 2.24) is 0 Å². The van der Waals surface area contributed by atoms with Crippen LogP contribution < -0.4 is 0 Å². The van der Waals surface area contributed by atoms with Gasteiger partial charge in [-0.15, -0.1) is 5.16 Å². The highest BCUT2D eigenvalue weighted by Gasteiger charge is 2.70. The van der Waals surface area contributed by atoms with Crippen molar-refractivity contribution in [1.29, 1.82) is 0 Å². The lowest BCUT2D eigenvalue weighted by Gasteiger charge is -2.72. The van der Waals surface area contributed by atoms with Gasteiger partial charge in [-0.2, -0.15) is 0 Å². The highest BCUT2D eigenvalue weighted by Crippen LogP contribution is 2.77. The van der Waals surface area contributed by atoms with Gasteiger partial charge in [0.15, 0.2) is 0 Å². The summed E-state index contributed by atoms with van der Waals surface area (Å²) in [5, 5.41) is 26.9. The molecule has 0 aromatic heterocycles. The predicted octanol–water partition coefficient (Wildman–Crippen LogP) is 8.01. The van der Waals surface area contributed by atoms with Gasteiger partial charge < -0.3 is 10.4 Å². The Morgan fingerprint density at radius 1 is 0.824 bits per heavy atom. The maximum absolute atomic E-state index is 9.76. The van der Waals surface area contributed by atoms with E-state index in [2.05, 4.69) is 58.8 Å². The summed E-state index contributed by atoms with van der Waals surface area (Å²) >= 11 is 0. The van der Waals surface area contributed by atoms with Crippen LogP contribution in [-0.4, -0.2) is 22.3 Å². The average molecular weight is 471 g/mol. The minimum absolute atomic E-state index is 0.0195. The minimum Gasteiger partial charge on any atom is -0.411 e. The van der Waals surface area contributed by atoms with Gasteiger partial charge in [0.05, 0.1) is 11.9 Å². The number of nitrogens with zero attached hydrogens (tertiary/aromatic N) is 2. The van der Waals surface area contributed by atoms with Crippen molar-refractivity contribution >= 4 is 11.9 Å². The SMILES string of the molecule is CC(C)[C@@H]1CC[C@]2(/C=N/O)CC[C@]3(C)C(CCC4[C@@]5(C)CC/C(=N\O)C(C)(C)C5CC[C@]43C)C12. The molecule has 5 aliphatic carbocycles. The van der Waals surface area contributed by atoms with Crippen LogP contribution >= 0.6 is 0 Å². The molecule has 4 unspecified atom stereocenters. The molecule has 2 N–H and O–H groups in total. The van der Waals surface area contributed by atoms with E-state index in [0.29, 0.717) is 34.0 Å². The molecule has 9 atom stereocenters. The molecule has 0 amide bonds. The monoisotopic (exact) mass is 470 g/mol. The molecule has 0 radical (unpaired) electrons. The maximum atomic E-state index is 9.76. The van der Waals surface area contributed by atoms with E-state index in [1.54, 1.807) is 0 Å². The molecule has 0 aromatic rings. The Kier molecular flexibility index (Phi) is 5.59. The molecule has 34 heavy (non-hydrogen) atoms. The molecule has 0 aliphatic heterocycles. The number of rotatable bonds is 2. The van der Waals surface area contributed by atoms with E-state index in [1.807, 2.05) is 6.21 Å². The average Bonchev–Trinajstić information content (AvgIpc) is 3.14. The van der Waals surface area contributed by atoms with Gasteiger partial charge in [-0.1, -0.05) is 53.6 Å². The van der Waals surface area contributed by atoms with Gasteiger partial charge in [-0.3, -0.25) is 0 Å². The van der Waals surface area contributed by atoms with Crippen LogP contribution in [0.4, 0.5) is 0 Å². The van der Waals surface area contributed by atoms with Crippen LogP contribution in [0.2, 0.25) is 0 Å². The highest BCUT2D eigenvalue weighted by molar-refractivity contribution is 5.90. The molecular formula is C30H50N2O2. The summed E-state index contributed by atoms with van der Waals surface area (Å²) < 4.78 is 0. The van der Waals surface area contributed by atoms with E-state index >= 15 is 0 Å². The van der Waals surface area contributed by atoms with Gasteiger partial charge in [0.1, 0.15) is 0 Å². The summed E-state index contributed by atoms with van der Waals surface area (Å²) in [4.78, 5) is 0. The molecule has 5 rings (SSSR count). The molecule has 4 nitrogen and oxygen atoms in total. The van der Waals surface area contributed by atoms with Crippen LogP contribution in [0.3, 0.4) is 0 Å². The zero-order valence-corrected chi connectivity index (χ0v) is 22.9. The largest absolute Gasteiger partial charge is 0.411 e. The second-order valence-electron chi connectivity index (χ2n) is 14.9. The first kappa shape index (κ1) is 24.6. The molecule has 5 saturated carbocycles. The van der Waals surface area contributed by atoms with Gasteiger partial charge in [-0.05, 0) is 116 Å². The third-order valence-electron chi connectivity index (χ3n) is 13.6. The van der Waals surface area contributed by atoms with Crippen LogP contribution in [0.25, 0.3) is 0 Å². The molecule has 0 spiro atoms. The molecule has 0 saturated heterocycles. The maximum Gasteiger partial charge on any atom is 0.0630 e. The fourth-order valence-corrected chi connectivity index (χ4v) is 11.8. The Bertz CT molecular complexity index is 879. The molecule has 0 bridgehead atoms. The van der Waals surface area contributed by atoms with Crippen molar-refractivity contribution in [2.45, 2.75) is 113 Å². The second-order valence-corrected chi connectivity index (χ2v) is 14.9. The summed E-state index contributed by atoms with van der Waals surface area (Å²) in [7, 11) is 0. The molecule has 0 aromatic carbocycles. The fourth-order valence-electron chi connectivity index (χ4n) is 11.8. The first-order valence-electron chi connectivity index (χ1n) is 14.3. The van der Waals surface area contributed by atoms with Crippen LogP contribution in [0.15, 0.2) is 10.3 Å². The van der Waals surface area contributed by atoms with Gasteiger partial charge >= 0.3 is 0 Å². The van der Waals surface area contributed by atoms with E-state index in [4.69, 9.17) is 0 Å². The number of hydrogen-bond donors (Lipinski definition) is 2. The van der Waals surface area contributed by atoms with E-state index in [9.17, 15) is 10.4 Å². The number of fused-ring (bicyclic) bond motifs is 7. The summed E-state index contributed by atoms with van der Waals surface area (Å²) in [6, 6.07) is 0. The smallest absolute Gasteiger partial charge is 0.0630 e. The lowest BCUT2D eigenvalue weighted by atomic mass is 9.32. The first-order valence-corrected chi connectivity index (χ1v) is 14.3. The van der Waals surface area contributed by atoms with Crippen LogP contribution in [0, 0.1) is 62.6 Å². The van der Waals surface area contributed by atoms with E-state index in [1.165, 1.54) is 57.8 Å². The molecule has 0 heterocycles. The van der Waals surface area contributed by atoms with Crippen LogP contribution in [0.5, 0.6) is 0 Å². The normalized spacial score (nSPS) is 53.4. The molecule has 5 aliphatic rings. The number of oxime groups is 2. The van der Waals surface area contributed by atoms with Crippen molar-refractivity contribution in [2.24, 2.45) is 72.9 Å². The molecule has 4 heteroatoms. The summed E-state index contributed by atoms with van der Waals surface area (Å²) in [5.41, 5.74) is 2.11. The van der Waals surface area contributed by atoms with Crippen molar-refractivity contribution in [2.75, 3.05) is 0 Å². The van der Waals surface area contributed by atoms with Gasteiger partial charge in [-0.25, -0.2) is 0 Å². The standard InChI is InChI=1S/C30H50N2O2/c1-19(2)20-10-15-30(18-31-33)17-16-28(6)21(25(20)30)8-9-23-27(5)13-12-24(32-34)26(3,4)22(27)11-14-29(23,28)7/h18-23,25,33-34H,8-17H2,1-7H3/b31-18+,32-24+/t20-,21?,22?,23?,25?,27-,28+,29+,30+/m0/s1. The van der Waals surface area contributed by atoms with E-state index in [-0.39, 0.29) is 10.8 Å². The Morgan fingerprint density at radius 3 is 2.21 bits per heavy atom. The first-order chi connectivity index (χ1) is 15.9. The molecular weight excluding hydrogens is 420 g/mol. The Morgan fingerprint density at radius 2 is 1.56 bits per heavy atom. The second kappa shape index (κ2) is 7.72. The fraction of sp³-hybridized carbons (Fsp3) is 0.933. The number of hydrogen-bond acceptors (Lipinski definition) is 4. The minimum atomic E-state index is -0.0195. The quantitative estimate of drug-likeness (QED) is 0.244. The van der Waals surface area contributed by atoms with Crippen LogP contribution in [-0.2, 0) is 0 Å². The molecule has 5 fully saturated rings. The Labute approximate surface area is 208 Å². The Hall–Kier alpha value is -1.06. The lowest BCUT2D eigenvalue weighted by Crippen LogP contribution is -2.66. The zero-order valence-electron chi connectivity index (χ0n) is 22.9. The molecule has 192 valence electrons. The van der Waals surface area contributed by atoms with Crippen molar-refractivity contribution in [3.63, 3.8) is 0 Å². The van der Waals surface area contributed by atoms with Crippen LogP contribution in [0.1, 0.15) is 113 Å². The van der Waals surface area contributed by atoms with Crippen molar-refractivity contribution in [3.05, 3.63) is 0 Å². The summed E-state index contributed by atoms with van der Waals surface area (Å²) in [6.45, 7) is 17.5. The van der Waals surface area contributed by atoms with Gasteiger partial charge in [0, 0.05) is 10.8 Å². The van der Waals surface area contributed by atoms with E-state index in [0.717, 1.165) is 29.9 Å². The summed E-state index contributed by atoms with van der Waals surface area (Å²) in [6.07, 6.45) is 14.2. The summed E-state index contributed by atoms with van der Waals surface area (Å²) in [5.74, 6) is 4.14. The predicted molar refractivity (Wildman–Crippen MR) is 138 cm³/mol. The third kappa shape index (κ3) is 2.89.